The van der Waals surface area contributed by atoms with E-state index in [0.717, 1.165) is 0 Å². The predicted octanol–water partition coefficient (Wildman–Crippen LogP) is 2.55. The van der Waals surface area contributed by atoms with Gasteiger partial charge in [0, 0.05) is 11.8 Å². The van der Waals surface area contributed by atoms with Crippen molar-refractivity contribution in [2.45, 2.75) is 0 Å². The lowest BCUT2D eigenvalue weighted by Crippen LogP contribution is -2.20. The fraction of sp³-hybridized carbons (Fsp3) is 0.143. The first-order valence-corrected chi connectivity index (χ1v) is 6.71. The lowest BCUT2D eigenvalue weighted by atomic mass is 10.3. The monoisotopic (exact) mass is 291 g/mol. The molecule has 5 nitrogen and oxygen atoms in total. The van der Waals surface area contributed by atoms with Gasteiger partial charge >= 0.3 is 5.97 Å². The van der Waals surface area contributed by atoms with Crippen molar-refractivity contribution >= 4 is 28.9 Å². The van der Waals surface area contributed by atoms with Crippen molar-refractivity contribution in [3.05, 3.63) is 46.7 Å². The van der Waals surface area contributed by atoms with E-state index >= 15 is 0 Å². The second-order valence-electron chi connectivity index (χ2n) is 3.83. The van der Waals surface area contributed by atoms with Crippen LogP contribution in [-0.4, -0.2) is 25.6 Å². The summed E-state index contributed by atoms with van der Waals surface area (Å²) in [7, 11) is 1.55. The number of esters is 1. The number of benzene rings is 1. The van der Waals surface area contributed by atoms with Gasteiger partial charge in [-0.2, -0.15) is 0 Å². The number of nitrogens with one attached hydrogen (secondary N) is 1. The number of anilines is 1. The summed E-state index contributed by atoms with van der Waals surface area (Å²) in [6.07, 6.45) is 0. The normalized spacial score (nSPS) is 9.85. The average Bonchev–Trinajstić information content (AvgIpc) is 2.99. The van der Waals surface area contributed by atoms with Crippen LogP contribution in [0.15, 0.2) is 41.8 Å². The van der Waals surface area contributed by atoms with E-state index in [0.29, 0.717) is 16.3 Å². The van der Waals surface area contributed by atoms with Crippen LogP contribution in [0, 0.1) is 0 Å². The highest BCUT2D eigenvalue weighted by Crippen LogP contribution is 2.16. The molecule has 0 unspecified atom stereocenters. The molecule has 1 aromatic carbocycles. The number of hydrogen-bond donors (Lipinski definition) is 1. The number of methoxy groups -OCH3 is 1. The minimum Gasteiger partial charge on any atom is -0.497 e. The first kappa shape index (κ1) is 14.1. The van der Waals surface area contributed by atoms with Crippen molar-refractivity contribution in [2.75, 3.05) is 19.0 Å². The molecular weight excluding hydrogens is 278 g/mol. The van der Waals surface area contributed by atoms with E-state index in [9.17, 15) is 9.59 Å². The van der Waals surface area contributed by atoms with Gasteiger partial charge in [-0.3, -0.25) is 4.79 Å². The molecule has 0 spiro atoms. The maximum absolute atomic E-state index is 11.7. The summed E-state index contributed by atoms with van der Waals surface area (Å²) in [5.74, 6) is -0.262. The Morgan fingerprint density at radius 3 is 2.80 bits per heavy atom. The molecule has 1 heterocycles. The van der Waals surface area contributed by atoms with E-state index in [1.165, 1.54) is 11.3 Å². The lowest BCUT2D eigenvalue weighted by Gasteiger charge is -2.07. The third kappa shape index (κ3) is 3.83. The minimum absolute atomic E-state index is 0.325. The molecule has 1 aromatic heterocycles. The molecule has 1 N–H and O–H groups in total. The first-order chi connectivity index (χ1) is 9.69. The number of ether oxygens (including phenoxy) is 2. The Kier molecular flexibility index (Phi) is 4.73. The molecule has 0 fully saturated rings. The van der Waals surface area contributed by atoms with Gasteiger partial charge in [0.2, 0.25) is 0 Å². The molecule has 0 saturated heterocycles. The Labute approximate surface area is 120 Å². The highest BCUT2D eigenvalue weighted by atomic mass is 32.1. The highest BCUT2D eigenvalue weighted by molar-refractivity contribution is 7.11. The first-order valence-electron chi connectivity index (χ1n) is 5.83. The fourth-order valence-corrected chi connectivity index (χ4v) is 2.11. The van der Waals surface area contributed by atoms with E-state index in [4.69, 9.17) is 9.47 Å². The van der Waals surface area contributed by atoms with Crippen molar-refractivity contribution in [1.82, 2.24) is 0 Å². The summed E-state index contributed by atoms with van der Waals surface area (Å²) >= 11 is 1.27. The van der Waals surface area contributed by atoms with Gasteiger partial charge in [-0.25, -0.2) is 4.79 Å². The second-order valence-corrected chi connectivity index (χ2v) is 4.78. The van der Waals surface area contributed by atoms with Crippen molar-refractivity contribution in [3.8, 4) is 5.75 Å². The highest BCUT2D eigenvalue weighted by Gasteiger charge is 2.11. The molecule has 6 heteroatoms. The molecule has 2 rings (SSSR count). The SMILES string of the molecule is COc1cccc(NC(=O)COC(=O)c2cccs2)c1. The Balaban J connectivity index is 1.85. The molecule has 0 aliphatic rings. The van der Waals surface area contributed by atoms with Gasteiger partial charge in [-0.15, -0.1) is 11.3 Å². The van der Waals surface area contributed by atoms with Crippen LogP contribution < -0.4 is 10.1 Å². The number of rotatable bonds is 5. The Hall–Kier alpha value is -2.34. The van der Waals surface area contributed by atoms with Crippen molar-refractivity contribution in [3.63, 3.8) is 0 Å². The van der Waals surface area contributed by atoms with Gasteiger partial charge in [0.15, 0.2) is 6.61 Å². The van der Waals surface area contributed by atoms with Gasteiger partial charge < -0.3 is 14.8 Å². The average molecular weight is 291 g/mol. The Bertz CT molecular complexity index is 595. The molecular formula is C14H13NO4S. The zero-order valence-electron chi connectivity index (χ0n) is 10.8. The van der Waals surface area contributed by atoms with E-state index < -0.39 is 11.9 Å². The number of hydrogen-bond acceptors (Lipinski definition) is 5. The summed E-state index contributed by atoms with van der Waals surface area (Å²) < 4.78 is 9.95. The minimum atomic E-state index is -0.499. The third-order valence-corrected chi connectivity index (χ3v) is 3.26. The Morgan fingerprint density at radius 1 is 1.25 bits per heavy atom. The van der Waals surface area contributed by atoms with Gasteiger partial charge in [-0.1, -0.05) is 12.1 Å². The maximum Gasteiger partial charge on any atom is 0.348 e. The van der Waals surface area contributed by atoms with Crippen LogP contribution in [0.3, 0.4) is 0 Å². The quantitative estimate of drug-likeness (QED) is 0.860. The third-order valence-electron chi connectivity index (χ3n) is 2.41. The molecule has 0 aliphatic heterocycles. The maximum atomic E-state index is 11.7. The van der Waals surface area contributed by atoms with Crippen molar-refractivity contribution < 1.29 is 19.1 Å². The van der Waals surface area contributed by atoms with Gasteiger partial charge in [0.25, 0.3) is 5.91 Å². The molecule has 0 bridgehead atoms. The molecule has 104 valence electrons. The molecule has 20 heavy (non-hydrogen) atoms. The summed E-state index contributed by atoms with van der Waals surface area (Å²) in [6, 6.07) is 10.3. The van der Waals surface area contributed by atoms with E-state index in [2.05, 4.69) is 5.32 Å². The number of carbonyl (C=O) groups excluding carboxylic acids is 2. The predicted molar refractivity (Wildman–Crippen MR) is 76.2 cm³/mol. The molecule has 1 amide bonds. The van der Waals surface area contributed by atoms with Crippen LogP contribution in [0.4, 0.5) is 5.69 Å². The standard InChI is InChI=1S/C14H13NO4S/c1-18-11-5-2-4-10(8-11)15-13(16)9-19-14(17)12-6-3-7-20-12/h2-8H,9H2,1H3,(H,15,16). The molecule has 0 radical (unpaired) electrons. The number of amides is 1. The summed E-state index contributed by atoms with van der Waals surface area (Å²) in [4.78, 5) is 23.7. The lowest BCUT2D eigenvalue weighted by molar-refractivity contribution is -0.119. The van der Waals surface area contributed by atoms with Crippen molar-refractivity contribution in [2.24, 2.45) is 0 Å². The zero-order chi connectivity index (χ0) is 14.4. The van der Waals surface area contributed by atoms with Crippen LogP contribution in [0.1, 0.15) is 9.67 Å². The van der Waals surface area contributed by atoms with Crippen LogP contribution in [0.2, 0.25) is 0 Å². The zero-order valence-corrected chi connectivity index (χ0v) is 11.6. The molecule has 0 saturated carbocycles. The summed E-state index contributed by atoms with van der Waals surface area (Å²) in [5.41, 5.74) is 0.585. The van der Waals surface area contributed by atoms with Gasteiger partial charge in [0.05, 0.1) is 7.11 Å². The van der Waals surface area contributed by atoms with E-state index in [1.807, 2.05) is 0 Å². The van der Waals surface area contributed by atoms with Crippen LogP contribution in [-0.2, 0) is 9.53 Å². The smallest absolute Gasteiger partial charge is 0.348 e. The van der Waals surface area contributed by atoms with E-state index in [-0.39, 0.29) is 6.61 Å². The van der Waals surface area contributed by atoms with Crippen LogP contribution in [0.5, 0.6) is 5.75 Å². The van der Waals surface area contributed by atoms with Gasteiger partial charge in [-0.05, 0) is 23.6 Å². The van der Waals surface area contributed by atoms with Crippen LogP contribution in [0.25, 0.3) is 0 Å². The van der Waals surface area contributed by atoms with Crippen LogP contribution >= 0.6 is 11.3 Å². The Morgan fingerprint density at radius 2 is 2.10 bits per heavy atom. The van der Waals surface area contributed by atoms with Crippen molar-refractivity contribution in [1.29, 1.82) is 0 Å². The number of thiophene rings is 1. The summed E-state index contributed by atoms with van der Waals surface area (Å²) in [5, 5.41) is 4.40. The number of carbonyl (C=O) groups is 2. The van der Waals surface area contributed by atoms with Gasteiger partial charge in [0.1, 0.15) is 10.6 Å². The fourth-order valence-electron chi connectivity index (χ4n) is 1.49. The second kappa shape index (κ2) is 6.72. The summed E-state index contributed by atoms with van der Waals surface area (Å²) in [6.45, 7) is -0.325. The molecule has 0 aliphatic carbocycles. The largest absolute Gasteiger partial charge is 0.497 e. The topological polar surface area (TPSA) is 64.6 Å². The molecule has 2 aromatic rings. The molecule has 0 atom stereocenters. The van der Waals surface area contributed by atoms with E-state index in [1.54, 1.807) is 48.9 Å².